The lowest BCUT2D eigenvalue weighted by Crippen LogP contribution is -2.16. The van der Waals surface area contributed by atoms with Gasteiger partial charge in [0, 0.05) is 29.6 Å². The molecule has 2 aromatic heterocycles. The van der Waals surface area contributed by atoms with Crippen molar-refractivity contribution in [1.29, 1.82) is 0 Å². The van der Waals surface area contributed by atoms with E-state index < -0.39 is 8.07 Å². The Bertz CT molecular complexity index is 1480. The van der Waals surface area contributed by atoms with E-state index in [1.165, 1.54) is 11.3 Å². The molecular formula is C26H22ClNO2SSi. The molecule has 32 heavy (non-hydrogen) atoms. The number of ketones is 1. The Morgan fingerprint density at radius 1 is 1.03 bits per heavy atom. The molecule has 0 N–H and O–H groups in total. The van der Waals surface area contributed by atoms with E-state index >= 15 is 0 Å². The van der Waals surface area contributed by atoms with E-state index in [0.29, 0.717) is 14.8 Å². The van der Waals surface area contributed by atoms with Gasteiger partial charge in [-0.25, -0.2) is 0 Å². The minimum absolute atomic E-state index is 0.0849. The molecule has 2 heterocycles. The minimum atomic E-state index is -1.51. The second-order valence-electron chi connectivity index (χ2n) is 8.70. The highest BCUT2D eigenvalue weighted by Gasteiger charge is 2.16. The quantitative estimate of drug-likeness (QED) is 0.196. The van der Waals surface area contributed by atoms with Crippen molar-refractivity contribution in [3.05, 3.63) is 91.4 Å². The number of benzene rings is 2. The van der Waals surface area contributed by atoms with Crippen molar-refractivity contribution in [2.45, 2.75) is 19.6 Å². The average molecular weight is 476 g/mol. The summed E-state index contributed by atoms with van der Waals surface area (Å²) in [5, 5.41) is 0.843. The van der Waals surface area contributed by atoms with Gasteiger partial charge >= 0.3 is 0 Å². The van der Waals surface area contributed by atoms with E-state index in [1.54, 1.807) is 35.9 Å². The number of thiophene rings is 1. The number of aromatic nitrogens is 1. The van der Waals surface area contributed by atoms with Gasteiger partial charge in [0.1, 0.15) is 8.07 Å². The number of pyridine rings is 1. The zero-order valence-corrected chi connectivity index (χ0v) is 20.9. The van der Waals surface area contributed by atoms with Gasteiger partial charge in [-0.3, -0.25) is 9.59 Å². The maximum absolute atomic E-state index is 13.0. The van der Waals surface area contributed by atoms with Crippen LogP contribution in [0.2, 0.25) is 24.0 Å². The first-order valence-corrected chi connectivity index (χ1v) is 14.9. The molecule has 3 nitrogen and oxygen atoms in total. The first-order valence-electron chi connectivity index (χ1n) is 10.2. The van der Waals surface area contributed by atoms with Crippen molar-refractivity contribution in [3.8, 4) is 22.6 Å². The predicted octanol–water partition coefficient (Wildman–Crippen LogP) is 6.38. The van der Waals surface area contributed by atoms with Gasteiger partial charge in [0.05, 0.1) is 14.7 Å². The van der Waals surface area contributed by atoms with Crippen LogP contribution in [0.25, 0.3) is 22.0 Å². The van der Waals surface area contributed by atoms with Crippen LogP contribution in [0.5, 0.6) is 0 Å². The van der Waals surface area contributed by atoms with E-state index in [9.17, 15) is 9.59 Å². The number of carbonyl (C=O) groups excluding carboxylic acids is 1. The largest absolute Gasteiger partial charge is 0.311 e. The molecule has 0 radical (unpaired) electrons. The van der Waals surface area contributed by atoms with Gasteiger partial charge in [0.15, 0.2) is 0 Å². The summed E-state index contributed by atoms with van der Waals surface area (Å²) in [6.45, 7) is 6.62. The fraction of sp³-hybridized carbons (Fsp3) is 0.154. The summed E-state index contributed by atoms with van der Waals surface area (Å²) in [4.78, 5) is 26.3. The number of fused-ring (bicyclic) bond motifs is 1. The van der Waals surface area contributed by atoms with Crippen LogP contribution in [0.3, 0.4) is 0 Å². The third kappa shape index (κ3) is 4.63. The molecule has 0 amide bonds. The molecule has 0 aliphatic carbocycles. The van der Waals surface area contributed by atoms with Crippen LogP contribution in [0, 0.1) is 11.5 Å². The van der Waals surface area contributed by atoms with Crippen molar-refractivity contribution in [3.63, 3.8) is 0 Å². The highest BCUT2D eigenvalue weighted by atomic mass is 35.5. The van der Waals surface area contributed by atoms with Gasteiger partial charge in [0.2, 0.25) is 5.78 Å². The molecule has 0 bridgehead atoms. The second kappa shape index (κ2) is 8.55. The fourth-order valence-electron chi connectivity index (χ4n) is 3.44. The van der Waals surface area contributed by atoms with Crippen molar-refractivity contribution < 1.29 is 4.79 Å². The molecule has 0 aliphatic rings. The zero-order valence-electron chi connectivity index (χ0n) is 18.3. The van der Waals surface area contributed by atoms with E-state index in [-0.39, 0.29) is 11.3 Å². The molecule has 6 heteroatoms. The molecule has 0 aliphatic heterocycles. The Balaban J connectivity index is 1.89. The van der Waals surface area contributed by atoms with Crippen molar-refractivity contribution >= 4 is 47.7 Å². The molecule has 2 aromatic carbocycles. The third-order valence-corrected chi connectivity index (χ3v) is 7.17. The minimum Gasteiger partial charge on any atom is -0.311 e. The van der Waals surface area contributed by atoms with Gasteiger partial charge in [-0.1, -0.05) is 49.3 Å². The maximum Gasteiger partial charge on any atom is 0.251 e. The van der Waals surface area contributed by atoms with Crippen LogP contribution in [0.15, 0.2) is 65.5 Å². The number of rotatable bonds is 3. The fourth-order valence-corrected chi connectivity index (χ4v) is 4.97. The Labute approximate surface area is 197 Å². The number of nitrogens with zero attached hydrogens (tertiary/aromatic N) is 1. The Morgan fingerprint density at radius 2 is 1.81 bits per heavy atom. The van der Waals surface area contributed by atoms with Crippen LogP contribution < -0.4 is 5.56 Å². The van der Waals surface area contributed by atoms with Gasteiger partial charge in [-0.05, 0) is 53.6 Å². The summed E-state index contributed by atoms with van der Waals surface area (Å²) >= 11 is 7.28. The van der Waals surface area contributed by atoms with E-state index in [1.807, 2.05) is 36.4 Å². The molecule has 160 valence electrons. The van der Waals surface area contributed by atoms with Crippen LogP contribution in [0.4, 0.5) is 0 Å². The topological polar surface area (TPSA) is 39.1 Å². The normalized spacial score (nSPS) is 11.3. The monoisotopic (exact) mass is 475 g/mol. The zero-order chi connectivity index (χ0) is 23.0. The SMILES string of the molecule is Cn1c(=O)cc(-c2cccc(C#C[Si](C)(C)C)c2)c2cc(C(=O)c3ccc(Cl)s3)ccc21. The number of aryl methyl sites for hydroxylation is 1. The molecule has 4 rings (SSSR count). The molecule has 0 atom stereocenters. The van der Waals surface area contributed by atoms with E-state index in [2.05, 4.69) is 31.1 Å². The van der Waals surface area contributed by atoms with Crippen LogP contribution >= 0.6 is 22.9 Å². The lowest BCUT2D eigenvalue weighted by atomic mass is 9.97. The summed E-state index contributed by atoms with van der Waals surface area (Å²) in [5.41, 5.74) is 7.22. The van der Waals surface area contributed by atoms with Gasteiger partial charge in [-0.15, -0.1) is 16.9 Å². The summed E-state index contributed by atoms with van der Waals surface area (Å²) in [5.74, 6) is 3.20. The number of hydrogen-bond acceptors (Lipinski definition) is 3. The molecule has 0 saturated carbocycles. The Morgan fingerprint density at radius 3 is 2.50 bits per heavy atom. The molecule has 0 spiro atoms. The van der Waals surface area contributed by atoms with Crippen LogP contribution in [0.1, 0.15) is 20.8 Å². The van der Waals surface area contributed by atoms with Gasteiger partial charge in [-0.2, -0.15) is 0 Å². The van der Waals surface area contributed by atoms with Gasteiger partial charge < -0.3 is 4.57 Å². The van der Waals surface area contributed by atoms with Crippen LogP contribution in [-0.4, -0.2) is 18.4 Å². The van der Waals surface area contributed by atoms with Crippen LogP contribution in [-0.2, 0) is 7.05 Å². The molecule has 4 aromatic rings. The highest BCUT2D eigenvalue weighted by Crippen LogP contribution is 2.30. The molecule has 0 fully saturated rings. The Hall–Kier alpha value is -2.91. The maximum atomic E-state index is 13.0. The first-order chi connectivity index (χ1) is 15.1. The summed E-state index contributed by atoms with van der Waals surface area (Å²) in [6, 6.07) is 18.5. The highest BCUT2D eigenvalue weighted by molar-refractivity contribution is 7.18. The lowest BCUT2D eigenvalue weighted by molar-refractivity contribution is 0.104. The van der Waals surface area contributed by atoms with Crippen molar-refractivity contribution in [2.24, 2.45) is 7.05 Å². The third-order valence-electron chi connectivity index (χ3n) is 5.06. The molecule has 0 unspecified atom stereocenters. The summed E-state index contributed by atoms with van der Waals surface area (Å²) in [6.07, 6.45) is 0. The summed E-state index contributed by atoms with van der Waals surface area (Å²) in [7, 11) is 0.233. The Kier molecular flexibility index (Phi) is 5.96. The smallest absolute Gasteiger partial charge is 0.251 e. The average Bonchev–Trinajstić information content (AvgIpc) is 3.20. The number of halogens is 1. The van der Waals surface area contributed by atoms with Crippen molar-refractivity contribution in [1.82, 2.24) is 4.57 Å². The standard InChI is InChI=1S/C26H22ClNO2SSi/c1-28-22-9-8-19(26(30)23-10-11-24(27)31-23)15-21(22)20(16-25(28)29)18-7-5-6-17(14-18)12-13-32(2,3)4/h5-11,14-16H,1-4H3. The summed E-state index contributed by atoms with van der Waals surface area (Å²) < 4.78 is 2.18. The van der Waals surface area contributed by atoms with E-state index in [0.717, 1.165) is 27.6 Å². The van der Waals surface area contributed by atoms with Crippen molar-refractivity contribution in [2.75, 3.05) is 0 Å². The first kappa shape index (κ1) is 22.3. The number of carbonyl (C=O) groups is 1. The number of hydrogen-bond donors (Lipinski definition) is 0. The van der Waals surface area contributed by atoms with Gasteiger partial charge in [0.25, 0.3) is 5.56 Å². The van der Waals surface area contributed by atoms with E-state index in [4.69, 9.17) is 11.6 Å². The lowest BCUT2D eigenvalue weighted by Gasteiger charge is -2.12. The molecule has 0 saturated heterocycles. The predicted molar refractivity (Wildman–Crippen MR) is 138 cm³/mol. The molecular weight excluding hydrogens is 454 g/mol. The second-order valence-corrected chi connectivity index (χ2v) is 15.2.